The van der Waals surface area contributed by atoms with Gasteiger partial charge in [-0.1, -0.05) is 42.0 Å². The van der Waals surface area contributed by atoms with Crippen LogP contribution in [-0.2, 0) is 6.42 Å². The highest BCUT2D eigenvalue weighted by molar-refractivity contribution is 7.16. The van der Waals surface area contributed by atoms with Gasteiger partial charge in [0.2, 0.25) is 0 Å². The Labute approximate surface area is 182 Å². The molecule has 5 heteroatoms. The van der Waals surface area contributed by atoms with Crippen LogP contribution in [0.2, 0.25) is 0 Å². The molecule has 1 heterocycles. The molecule has 0 spiro atoms. The van der Waals surface area contributed by atoms with Gasteiger partial charge in [-0.25, -0.2) is 4.98 Å². The fourth-order valence-corrected chi connectivity index (χ4v) is 5.62. The fraction of sp³-hybridized carbons (Fsp3) is 0.400. The van der Waals surface area contributed by atoms with Crippen LogP contribution in [0.1, 0.15) is 43.2 Å². The summed E-state index contributed by atoms with van der Waals surface area (Å²) in [6.07, 6.45) is 9.01. The van der Waals surface area contributed by atoms with Crippen molar-refractivity contribution in [2.45, 2.75) is 44.6 Å². The van der Waals surface area contributed by atoms with Crippen molar-refractivity contribution < 1.29 is 9.84 Å². The average molecular weight is 423 g/mol. The number of aryl methyl sites for hydroxylation is 1. The second kappa shape index (κ2) is 8.50. The Kier molecular flexibility index (Phi) is 5.96. The quantitative estimate of drug-likeness (QED) is 0.633. The summed E-state index contributed by atoms with van der Waals surface area (Å²) < 4.78 is 5.38. The molecule has 0 aliphatic heterocycles. The second-order valence-corrected chi connectivity index (χ2v) is 9.59. The lowest BCUT2D eigenvalue weighted by Crippen LogP contribution is -2.40. The van der Waals surface area contributed by atoms with E-state index in [1.54, 1.807) is 18.4 Å². The monoisotopic (exact) mass is 422 g/mol. The molecule has 0 unspecified atom stereocenters. The topological polar surface area (TPSA) is 68.4 Å². The van der Waals surface area contributed by atoms with Gasteiger partial charge in [0.05, 0.1) is 24.3 Å². The predicted molar refractivity (Wildman–Crippen MR) is 125 cm³/mol. The Bertz CT molecular complexity index is 1020. The first-order valence-corrected chi connectivity index (χ1v) is 11.3. The molecule has 30 heavy (non-hydrogen) atoms. The molecule has 1 aromatic carbocycles. The molecule has 1 fully saturated rings. The highest BCUT2D eigenvalue weighted by Crippen LogP contribution is 2.41. The number of hydrogen-bond acceptors (Lipinski definition) is 5. The summed E-state index contributed by atoms with van der Waals surface area (Å²) in [4.78, 5) is 6.20. The molecule has 158 valence electrons. The van der Waals surface area contributed by atoms with Gasteiger partial charge in [0.25, 0.3) is 0 Å². The number of thiazole rings is 1. The summed E-state index contributed by atoms with van der Waals surface area (Å²) in [6, 6.07) is 8.09. The van der Waals surface area contributed by atoms with Crippen LogP contribution in [0.3, 0.4) is 0 Å². The van der Waals surface area contributed by atoms with E-state index in [-0.39, 0.29) is 6.61 Å². The molecular formula is C25H30N2O2S. The number of allylic oxidation sites excluding steroid dienone is 5. The molecule has 2 aromatic rings. The van der Waals surface area contributed by atoms with Crippen LogP contribution in [0.5, 0.6) is 5.75 Å². The Balaban J connectivity index is 1.57. The van der Waals surface area contributed by atoms with Crippen LogP contribution < -0.4 is 10.5 Å². The third kappa shape index (κ3) is 4.15. The number of fused-ring (bicyclic) bond motifs is 1. The van der Waals surface area contributed by atoms with E-state index in [1.807, 2.05) is 18.2 Å². The largest absolute Gasteiger partial charge is 0.497 e. The molecule has 0 radical (unpaired) electrons. The van der Waals surface area contributed by atoms with Gasteiger partial charge in [0.1, 0.15) is 10.8 Å². The number of aromatic nitrogens is 1. The number of nitrogens with zero attached hydrogens (tertiary/aromatic N) is 1. The number of benzene rings is 1. The Morgan fingerprint density at radius 3 is 3.00 bits per heavy atom. The van der Waals surface area contributed by atoms with Gasteiger partial charge < -0.3 is 15.6 Å². The van der Waals surface area contributed by atoms with Gasteiger partial charge in [-0.05, 0) is 62.7 Å². The fourth-order valence-electron chi connectivity index (χ4n) is 4.41. The average Bonchev–Trinajstić information content (AvgIpc) is 3.37. The first-order chi connectivity index (χ1) is 14.4. The molecule has 1 aromatic heterocycles. The van der Waals surface area contributed by atoms with E-state index in [0.717, 1.165) is 54.0 Å². The van der Waals surface area contributed by atoms with Crippen LogP contribution in [0, 0.1) is 5.92 Å². The number of hydrogen-bond donors (Lipinski definition) is 2. The second-order valence-electron chi connectivity index (χ2n) is 8.59. The molecule has 0 bridgehead atoms. The van der Waals surface area contributed by atoms with E-state index in [0.29, 0.717) is 5.92 Å². The molecule has 4 rings (SSSR count). The Hall–Kier alpha value is -2.21. The van der Waals surface area contributed by atoms with E-state index in [4.69, 9.17) is 15.5 Å². The van der Waals surface area contributed by atoms with Crippen molar-refractivity contribution in [2.24, 2.45) is 11.7 Å². The summed E-state index contributed by atoms with van der Waals surface area (Å²) in [7, 11) is 1.69. The van der Waals surface area contributed by atoms with Crippen molar-refractivity contribution in [3.8, 4) is 16.3 Å². The van der Waals surface area contributed by atoms with Gasteiger partial charge in [0, 0.05) is 11.1 Å². The number of rotatable bonds is 6. The standard InChI is InChI=1S/C25H30N2O2S/c1-16(19-11-12-25(26,14-19)15-28)7-9-21-17(2)8-10-22-23(21)30-24(27-22)18-5-4-6-20(13-18)29-3/h4-7,9,13,19,28H,1,8,10-12,14-15,26H2,2-3H3/b9-7-/t19-,25+/m0/s1. The lowest BCUT2D eigenvalue weighted by molar-refractivity contribution is 0.197. The van der Waals surface area contributed by atoms with Crippen LogP contribution >= 0.6 is 11.3 Å². The summed E-state index contributed by atoms with van der Waals surface area (Å²) in [5.74, 6) is 1.19. The SMILES string of the molecule is C=C(/C=C\C1=C(C)CCc2nc(-c3cccc(OC)c3)sc21)[C@H]1CC[C@](N)(CO)C1. The van der Waals surface area contributed by atoms with E-state index in [1.165, 1.54) is 21.7 Å². The summed E-state index contributed by atoms with van der Waals surface area (Å²) in [5, 5.41) is 10.6. The number of methoxy groups -OCH3 is 1. The summed E-state index contributed by atoms with van der Waals surface area (Å²) >= 11 is 1.75. The number of aliphatic hydroxyl groups is 1. The number of nitrogens with two attached hydrogens (primary N) is 1. The minimum Gasteiger partial charge on any atom is -0.497 e. The third-order valence-electron chi connectivity index (χ3n) is 6.40. The normalized spacial score (nSPS) is 23.8. The van der Waals surface area contributed by atoms with E-state index < -0.39 is 5.54 Å². The molecule has 3 N–H and O–H groups in total. The number of aliphatic hydroxyl groups excluding tert-OH is 1. The number of ether oxygens (including phenoxy) is 1. The molecule has 0 saturated heterocycles. The molecular weight excluding hydrogens is 392 g/mol. The van der Waals surface area contributed by atoms with Crippen molar-refractivity contribution >= 4 is 16.9 Å². The van der Waals surface area contributed by atoms with Gasteiger partial charge >= 0.3 is 0 Å². The zero-order chi connectivity index (χ0) is 21.3. The van der Waals surface area contributed by atoms with Gasteiger partial charge in [-0.15, -0.1) is 11.3 Å². The zero-order valence-electron chi connectivity index (χ0n) is 17.8. The summed E-state index contributed by atoms with van der Waals surface area (Å²) in [5.41, 5.74) is 11.8. The van der Waals surface area contributed by atoms with E-state index in [2.05, 4.69) is 31.7 Å². The Morgan fingerprint density at radius 2 is 2.27 bits per heavy atom. The zero-order valence-corrected chi connectivity index (χ0v) is 18.6. The highest BCUT2D eigenvalue weighted by Gasteiger charge is 2.35. The summed E-state index contributed by atoms with van der Waals surface area (Å²) in [6.45, 7) is 6.56. The third-order valence-corrected chi connectivity index (χ3v) is 7.58. The van der Waals surface area contributed by atoms with Gasteiger partial charge in [-0.3, -0.25) is 0 Å². The van der Waals surface area contributed by atoms with Crippen LogP contribution in [-0.4, -0.2) is 29.3 Å². The van der Waals surface area contributed by atoms with Crippen LogP contribution in [0.25, 0.3) is 16.1 Å². The smallest absolute Gasteiger partial charge is 0.124 e. The Morgan fingerprint density at radius 1 is 1.43 bits per heavy atom. The predicted octanol–water partition coefficient (Wildman–Crippen LogP) is 5.14. The first kappa shape index (κ1) is 21.0. The van der Waals surface area contributed by atoms with Crippen LogP contribution in [0.15, 0.2) is 54.1 Å². The van der Waals surface area contributed by atoms with Crippen LogP contribution in [0.4, 0.5) is 0 Å². The minimum atomic E-state index is -0.446. The van der Waals surface area contributed by atoms with Crippen molar-refractivity contribution in [3.05, 3.63) is 64.7 Å². The van der Waals surface area contributed by atoms with E-state index >= 15 is 0 Å². The molecule has 4 nitrogen and oxygen atoms in total. The first-order valence-electron chi connectivity index (χ1n) is 10.5. The molecule has 1 saturated carbocycles. The van der Waals surface area contributed by atoms with Crippen molar-refractivity contribution in [1.82, 2.24) is 4.98 Å². The van der Waals surface area contributed by atoms with Crippen molar-refractivity contribution in [2.75, 3.05) is 13.7 Å². The molecule has 2 aliphatic rings. The van der Waals surface area contributed by atoms with Gasteiger partial charge in [0.15, 0.2) is 0 Å². The molecule has 2 aliphatic carbocycles. The molecule has 0 amide bonds. The maximum absolute atomic E-state index is 9.54. The maximum Gasteiger partial charge on any atom is 0.124 e. The lowest BCUT2D eigenvalue weighted by atomic mass is 9.91. The van der Waals surface area contributed by atoms with Gasteiger partial charge in [-0.2, -0.15) is 0 Å². The van der Waals surface area contributed by atoms with E-state index in [9.17, 15) is 5.11 Å². The highest BCUT2D eigenvalue weighted by atomic mass is 32.1. The lowest BCUT2D eigenvalue weighted by Gasteiger charge is -2.21. The minimum absolute atomic E-state index is 0.0437. The van der Waals surface area contributed by atoms with Crippen molar-refractivity contribution in [1.29, 1.82) is 0 Å². The maximum atomic E-state index is 9.54. The molecule has 2 atom stereocenters. The van der Waals surface area contributed by atoms with Crippen molar-refractivity contribution in [3.63, 3.8) is 0 Å².